The molecule has 21 heavy (non-hydrogen) atoms. The van der Waals surface area contributed by atoms with Gasteiger partial charge in [0.15, 0.2) is 5.75 Å². The second-order valence-electron chi connectivity index (χ2n) is 4.15. The number of carbonyl (C=O) groups excluding carboxylic acids is 1. The smallest absolute Gasteiger partial charge is 0.337 e. The maximum absolute atomic E-state index is 14.0. The predicted molar refractivity (Wildman–Crippen MR) is 71.5 cm³/mol. The van der Waals surface area contributed by atoms with Crippen LogP contribution in [0.2, 0.25) is 0 Å². The Hall–Kier alpha value is -2.96. The molecule has 6 nitrogen and oxygen atoms in total. The van der Waals surface area contributed by atoms with E-state index in [9.17, 15) is 24.4 Å². The first-order valence-electron chi connectivity index (χ1n) is 5.79. The third kappa shape index (κ3) is 2.81. The summed E-state index contributed by atoms with van der Waals surface area (Å²) >= 11 is 0. The quantitative estimate of drug-likeness (QED) is 0.533. The molecule has 0 aliphatic heterocycles. The minimum absolute atomic E-state index is 0.0343. The summed E-state index contributed by atoms with van der Waals surface area (Å²) in [7, 11) is 1.18. The summed E-state index contributed by atoms with van der Waals surface area (Å²) in [5.41, 5.74) is -0.199. The van der Waals surface area contributed by atoms with Crippen LogP contribution in [0.5, 0.6) is 5.75 Å². The molecule has 1 N–H and O–H groups in total. The number of carbonyl (C=O) groups is 1. The number of methoxy groups -OCH3 is 1. The number of nitro groups is 1. The van der Waals surface area contributed by atoms with Gasteiger partial charge in [-0.2, -0.15) is 0 Å². The van der Waals surface area contributed by atoms with Crippen LogP contribution in [0, 0.1) is 15.9 Å². The molecule has 2 aromatic carbocycles. The van der Waals surface area contributed by atoms with E-state index in [0.717, 1.165) is 18.2 Å². The minimum Gasteiger partial charge on any atom is -0.502 e. The Labute approximate surface area is 118 Å². The molecule has 0 spiro atoms. The van der Waals surface area contributed by atoms with Gasteiger partial charge >= 0.3 is 11.7 Å². The van der Waals surface area contributed by atoms with Crippen LogP contribution in [0.1, 0.15) is 10.4 Å². The number of phenols is 1. The maximum Gasteiger partial charge on any atom is 0.337 e. The van der Waals surface area contributed by atoms with Crippen LogP contribution in [0.4, 0.5) is 10.1 Å². The molecule has 0 radical (unpaired) electrons. The van der Waals surface area contributed by atoms with Crippen LogP contribution in [0.25, 0.3) is 11.1 Å². The largest absolute Gasteiger partial charge is 0.502 e. The number of nitro benzene ring substituents is 1. The van der Waals surface area contributed by atoms with Crippen molar-refractivity contribution in [3.05, 3.63) is 57.9 Å². The number of rotatable bonds is 3. The van der Waals surface area contributed by atoms with Crippen LogP contribution in [-0.2, 0) is 4.74 Å². The van der Waals surface area contributed by atoms with Crippen molar-refractivity contribution in [1.29, 1.82) is 0 Å². The summed E-state index contributed by atoms with van der Waals surface area (Å²) in [5, 5.41) is 20.1. The van der Waals surface area contributed by atoms with Crippen molar-refractivity contribution < 1.29 is 24.0 Å². The molecule has 0 atom stereocenters. The van der Waals surface area contributed by atoms with Gasteiger partial charge in [-0.15, -0.1) is 0 Å². The number of ether oxygens (including phenoxy) is 1. The molecular formula is C14H10FNO5. The summed E-state index contributed by atoms with van der Waals surface area (Å²) < 4.78 is 18.5. The highest BCUT2D eigenvalue weighted by atomic mass is 19.1. The summed E-state index contributed by atoms with van der Waals surface area (Å²) in [6.45, 7) is 0. The normalized spacial score (nSPS) is 10.2. The predicted octanol–water partition coefficient (Wildman–Crippen LogP) is 2.89. The average Bonchev–Trinajstić information content (AvgIpc) is 2.46. The molecule has 0 saturated heterocycles. The second-order valence-corrected chi connectivity index (χ2v) is 4.15. The molecule has 2 rings (SSSR count). The number of phenolic OH excluding ortho intramolecular Hbond substituents is 1. The first-order valence-corrected chi connectivity index (χ1v) is 5.79. The number of hydrogen-bond acceptors (Lipinski definition) is 5. The van der Waals surface area contributed by atoms with E-state index in [1.807, 2.05) is 0 Å². The third-order valence-corrected chi connectivity index (χ3v) is 2.87. The molecule has 0 saturated carbocycles. The monoisotopic (exact) mass is 291 g/mol. The molecule has 0 heterocycles. The van der Waals surface area contributed by atoms with Crippen molar-refractivity contribution >= 4 is 11.7 Å². The van der Waals surface area contributed by atoms with Crippen molar-refractivity contribution in [3.8, 4) is 16.9 Å². The Balaban J connectivity index is 2.50. The fraction of sp³-hybridized carbons (Fsp3) is 0.0714. The molecular weight excluding hydrogens is 281 g/mol. The molecule has 0 bridgehead atoms. The van der Waals surface area contributed by atoms with Gasteiger partial charge in [0.05, 0.1) is 17.6 Å². The van der Waals surface area contributed by atoms with Crippen molar-refractivity contribution in [2.75, 3.05) is 7.11 Å². The van der Waals surface area contributed by atoms with Gasteiger partial charge in [0.25, 0.3) is 0 Å². The van der Waals surface area contributed by atoms with E-state index in [2.05, 4.69) is 4.74 Å². The van der Waals surface area contributed by atoms with Gasteiger partial charge in [0, 0.05) is 11.6 Å². The number of esters is 1. The lowest BCUT2D eigenvalue weighted by molar-refractivity contribution is -0.385. The van der Waals surface area contributed by atoms with Crippen molar-refractivity contribution in [2.24, 2.45) is 0 Å². The van der Waals surface area contributed by atoms with E-state index in [4.69, 9.17) is 0 Å². The van der Waals surface area contributed by atoms with Crippen LogP contribution < -0.4 is 0 Å². The number of hydrogen-bond donors (Lipinski definition) is 1. The van der Waals surface area contributed by atoms with Crippen LogP contribution in [0.15, 0.2) is 36.4 Å². The molecule has 0 fully saturated rings. The van der Waals surface area contributed by atoms with Gasteiger partial charge in [-0.1, -0.05) is 12.1 Å². The zero-order valence-corrected chi connectivity index (χ0v) is 10.9. The van der Waals surface area contributed by atoms with E-state index in [1.54, 1.807) is 0 Å². The van der Waals surface area contributed by atoms with E-state index < -0.39 is 28.1 Å². The Kier molecular flexibility index (Phi) is 3.84. The van der Waals surface area contributed by atoms with Gasteiger partial charge in [-0.25, -0.2) is 9.18 Å². The Morgan fingerprint density at radius 1 is 1.29 bits per heavy atom. The lowest BCUT2D eigenvalue weighted by Gasteiger charge is -2.06. The molecule has 108 valence electrons. The molecule has 0 unspecified atom stereocenters. The summed E-state index contributed by atoms with van der Waals surface area (Å²) in [6.07, 6.45) is 0. The van der Waals surface area contributed by atoms with Crippen molar-refractivity contribution in [1.82, 2.24) is 0 Å². The van der Waals surface area contributed by atoms with Crippen LogP contribution in [-0.4, -0.2) is 23.1 Å². The van der Waals surface area contributed by atoms with E-state index >= 15 is 0 Å². The zero-order chi connectivity index (χ0) is 15.6. The highest BCUT2D eigenvalue weighted by Crippen LogP contribution is 2.32. The number of aromatic hydroxyl groups is 1. The standard InChI is InChI=1S/C14H10FNO5/c1-21-14(18)9-2-4-10(11(15)6-9)8-3-5-13(17)12(7-8)16(19)20/h2-7,17H,1H3. The summed E-state index contributed by atoms with van der Waals surface area (Å²) in [5.74, 6) is -1.91. The average molecular weight is 291 g/mol. The molecule has 0 amide bonds. The van der Waals surface area contributed by atoms with Gasteiger partial charge in [0.2, 0.25) is 0 Å². The number of nitrogens with zero attached hydrogens (tertiary/aromatic N) is 1. The Morgan fingerprint density at radius 3 is 2.57 bits per heavy atom. The second kappa shape index (κ2) is 5.58. The van der Waals surface area contributed by atoms with E-state index in [0.29, 0.717) is 0 Å². The molecule has 0 aromatic heterocycles. The van der Waals surface area contributed by atoms with Crippen LogP contribution >= 0.6 is 0 Å². The summed E-state index contributed by atoms with van der Waals surface area (Å²) in [6, 6.07) is 7.17. The summed E-state index contributed by atoms with van der Waals surface area (Å²) in [4.78, 5) is 21.3. The fourth-order valence-electron chi connectivity index (χ4n) is 1.83. The number of benzene rings is 2. The maximum atomic E-state index is 14.0. The SMILES string of the molecule is COC(=O)c1ccc(-c2ccc(O)c([N+](=O)[O-])c2)c(F)c1. The van der Waals surface area contributed by atoms with E-state index in [-0.39, 0.29) is 16.7 Å². The minimum atomic E-state index is -0.764. The van der Waals surface area contributed by atoms with E-state index in [1.165, 1.54) is 25.3 Å². The lowest BCUT2D eigenvalue weighted by Crippen LogP contribution is -2.02. The topological polar surface area (TPSA) is 89.7 Å². The van der Waals surface area contributed by atoms with Crippen LogP contribution in [0.3, 0.4) is 0 Å². The molecule has 0 aliphatic rings. The zero-order valence-electron chi connectivity index (χ0n) is 10.9. The fourth-order valence-corrected chi connectivity index (χ4v) is 1.83. The van der Waals surface area contributed by atoms with Gasteiger partial charge in [-0.3, -0.25) is 10.1 Å². The van der Waals surface area contributed by atoms with Gasteiger partial charge in [-0.05, 0) is 23.8 Å². The highest BCUT2D eigenvalue weighted by Gasteiger charge is 2.17. The Bertz CT molecular complexity index is 729. The Morgan fingerprint density at radius 2 is 2.00 bits per heavy atom. The molecule has 0 aliphatic carbocycles. The van der Waals surface area contributed by atoms with Gasteiger partial charge in [0.1, 0.15) is 5.82 Å². The first-order chi connectivity index (χ1) is 9.93. The molecule has 7 heteroatoms. The highest BCUT2D eigenvalue weighted by molar-refractivity contribution is 5.90. The third-order valence-electron chi connectivity index (χ3n) is 2.87. The number of halogens is 1. The van der Waals surface area contributed by atoms with Gasteiger partial charge < -0.3 is 9.84 Å². The first kappa shape index (κ1) is 14.4. The van der Waals surface area contributed by atoms with Crippen molar-refractivity contribution in [3.63, 3.8) is 0 Å². The lowest BCUT2D eigenvalue weighted by atomic mass is 10.0. The van der Waals surface area contributed by atoms with Crippen molar-refractivity contribution in [2.45, 2.75) is 0 Å². The molecule has 2 aromatic rings.